The molecule has 2 aromatic carbocycles. The summed E-state index contributed by atoms with van der Waals surface area (Å²) in [6.45, 7) is 8.66. The van der Waals surface area contributed by atoms with Gasteiger partial charge in [0, 0.05) is 44.3 Å². The number of hydrogen-bond acceptors (Lipinski definition) is 22. The number of Topliss-reactive ketones (excluding diaryl/α,β-unsaturated/α-hetero) is 2. The molecule has 2 aromatic rings. The topological polar surface area (TPSA) is 340 Å². The van der Waals surface area contributed by atoms with Gasteiger partial charge in [0.15, 0.2) is 30.4 Å². The van der Waals surface area contributed by atoms with Crippen LogP contribution in [0.2, 0.25) is 0 Å². The summed E-state index contributed by atoms with van der Waals surface area (Å²) in [6.07, 6.45) is -24.7. The lowest BCUT2D eigenvalue weighted by Gasteiger charge is -2.46. The molecule has 0 radical (unpaired) electrons. The van der Waals surface area contributed by atoms with Crippen LogP contribution in [0.4, 0.5) is 0 Å². The molecule has 5 aliphatic rings. The summed E-state index contributed by atoms with van der Waals surface area (Å²) in [5, 5.41) is 119. The maximum atomic E-state index is 14.8. The van der Waals surface area contributed by atoms with Crippen molar-refractivity contribution in [2.24, 2.45) is 5.92 Å². The zero-order valence-corrected chi connectivity index (χ0v) is 38.1. The molecule has 0 spiro atoms. The highest BCUT2D eigenvalue weighted by Crippen LogP contribution is 2.47. The molecule has 22 nitrogen and oxygen atoms in total. The van der Waals surface area contributed by atoms with Crippen LogP contribution in [0.1, 0.15) is 81.8 Å². The van der Waals surface area contributed by atoms with Crippen LogP contribution in [0.5, 0.6) is 17.2 Å². The van der Waals surface area contributed by atoms with Gasteiger partial charge in [-0.25, -0.2) is 0 Å². The second-order valence-corrected chi connectivity index (χ2v) is 18.5. The molecule has 0 bridgehead atoms. The molecular weight excluding hydrogens is 892 g/mol. The first-order valence-corrected chi connectivity index (χ1v) is 22.5. The first-order chi connectivity index (χ1) is 31.4. The number of ether oxygens (including phenoxy) is 9. The molecule has 0 amide bonds. The molecule has 11 N–H and O–H groups in total. The second kappa shape index (κ2) is 20.2. The molecule has 4 fully saturated rings. The van der Waals surface area contributed by atoms with Crippen LogP contribution < -0.4 is 4.74 Å². The van der Waals surface area contributed by atoms with E-state index in [0.717, 1.165) is 7.11 Å². The highest BCUT2D eigenvalue weighted by Gasteiger charge is 2.54. The summed E-state index contributed by atoms with van der Waals surface area (Å²) in [6, 6.07) is 2.98. The van der Waals surface area contributed by atoms with Crippen LogP contribution in [0.25, 0.3) is 10.8 Å². The lowest BCUT2D eigenvalue weighted by molar-refractivity contribution is -0.384. The van der Waals surface area contributed by atoms with Crippen LogP contribution in [-0.4, -0.2) is 197 Å². The van der Waals surface area contributed by atoms with Crippen LogP contribution in [-0.2, 0) is 49.1 Å². The number of aliphatic hydroxyl groups is 9. The average Bonchev–Trinajstić information content (AvgIpc) is 3.25. The van der Waals surface area contributed by atoms with Gasteiger partial charge in [0.1, 0.15) is 66.1 Å². The Morgan fingerprint density at radius 2 is 1.33 bits per heavy atom. The molecule has 4 saturated heterocycles. The van der Waals surface area contributed by atoms with E-state index in [1.807, 2.05) is 0 Å². The Morgan fingerprint density at radius 3 is 1.91 bits per heavy atom. The summed E-state index contributed by atoms with van der Waals surface area (Å²) in [7, 11) is 1.15. The minimum absolute atomic E-state index is 0.0385. The third kappa shape index (κ3) is 10.2. The third-order valence-corrected chi connectivity index (χ3v) is 13.7. The Hall–Kier alpha value is -3.24. The van der Waals surface area contributed by atoms with Crippen molar-refractivity contribution in [3.8, 4) is 17.2 Å². The number of aromatic hydroxyl groups is 2. The van der Waals surface area contributed by atoms with Gasteiger partial charge in [-0.2, -0.15) is 0 Å². The van der Waals surface area contributed by atoms with E-state index in [0.29, 0.717) is 0 Å². The number of phenolic OH excluding ortho intramolecular Hbond substituents is 2. The van der Waals surface area contributed by atoms with Crippen molar-refractivity contribution < 1.29 is 108 Å². The number of carbonyl (C=O) groups is 2. The Kier molecular flexibility index (Phi) is 15.6. The van der Waals surface area contributed by atoms with Crippen LogP contribution in [0.15, 0.2) is 12.1 Å². The second-order valence-electron chi connectivity index (χ2n) is 18.5. The molecule has 7 rings (SSSR count). The number of aliphatic hydroxyl groups excluding tert-OH is 7. The third-order valence-electron chi connectivity index (χ3n) is 13.7. The quantitative estimate of drug-likeness (QED) is 0.105. The normalized spacial score (nSPS) is 39.3. The molecule has 376 valence electrons. The SMILES string of the molecule is CO[C@H](C(=O)[C@@H](O)[C@@H](C)O)[C@@H]1Cc2cc3cc(O[C@H]4C[C@@H](O[C@H]5C[C@@H](O)[C@H](O)[C@@H](C)O5)[C@H](O)[C@@H](C)O4)c(C)c(O)c3c(O)c2C(=O)[C@H]1O[C@H]1C[C@@H](O[C@H]2C[C@@H](O)[C@@H](O)[C@@H](C)O2)C(O)(O)[C@@H](C)O1. The van der Waals surface area contributed by atoms with Crippen molar-refractivity contribution in [2.45, 2.75) is 196 Å². The van der Waals surface area contributed by atoms with E-state index in [1.165, 1.54) is 39.8 Å². The fourth-order valence-corrected chi connectivity index (χ4v) is 9.62. The molecule has 67 heavy (non-hydrogen) atoms. The monoisotopic (exact) mass is 956 g/mol. The van der Waals surface area contributed by atoms with Gasteiger partial charge in [0.2, 0.25) is 12.1 Å². The van der Waals surface area contributed by atoms with Crippen LogP contribution >= 0.6 is 0 Å². The first kappa shape index (κ1) is 51.6. The number of methoxy groups -OCH3 is 1. The van der Waals surface area contributed by atoms with E-state index in [2.05, 4.69) is 0 Å². The highest BCUT2D eigenvalue weighted by atomic mass is 16.7. The fourth-order valence-electron chi connectivity index (χ4n) is 9.62. The predicted molar refractivity (Wildman–Crippen MR) is 225 cm³/mol. The van der Waals surface area contributed by atoms with E-state index in [9.17, 15) is 65.8 Å². The van der Waals surface area contributed by atoms with Gasteiger partial charge < -0.3 is 98.8 Å². The van der Waals surface area contributed by atoms with Gasteiger partial charge >= 0.3 is 0 Å². The number of phenols is 2. The van der Waals surface area contributed by atoms with Gasteiger partial charge in [-0.15, -0.1) is 0 Å². The average molecular weight is 957 g/mol. The summed E-state index contributed by atoms with van der Waals surface area (Å²) in [4.78, 5) is 28.6. The van der Waals surface area contributed by atoms with Gasteiger partial charge in [-0.3, -0.25) is 9.59 Å². The molecule has 22 heteroatoms. The minimum atomic E-state index is -2.66. The standard InChI is InChI=1S/C45H64O22/c1-15-26(64-31-13-27(39(53)19(5)62-31)65-29-11-24(47)37(51)17(3)60-29)10-22-8-21-9-23(43(59-7)42(56)36(50)16(2)46)44(41(55)34(21)40(54)33(22)35(15)49)67-32-14-28(45(57,58)20(6)63-32)66-30-12-25(48)38(52)18(4)61-30/h8,10,16-20,23-25,27-32,36-39,43-44,46-54,57-58H,9,11-14H2,1-7H3/t16-,17-,18-,19-,20-,23+,24-,25-,27-,28-,29+,30+,31+,32+,36+,37-,38+,39-,43+,44+/m1/s1. The van der Waals surface area contributed by atoms with Crippen molar-refractivity contribution in [1.82, 2.24) is 0 Å². The Labute approximate surface area is 385 Å². The molecular formula is C45H64O22. The van der Waals surface area contributed by atoms with Crippen molar-refractivity contribution in [3.63, 3.8) is 0 Å². The first-order valence-electron chi connectivity index (χ1n) is 22.5. The number of rotatable bonds is 13. The number of carbonyl (C=O) groups excluding carboxylic acids is 2. The number of ketones is 2. The van der Waals surface area contributed by atoms with Crippen molar-refractivity contribution in [1.29, 1.82) is 0 Å². The van der Waals surface area contributed by atoms with Gasteiger partial charge in [-0.05, 0) is 71.0 Å². The zero-order chi connectivity index (χ0) is 49.1. The fraction of sp³-hybridized carbons (Fsp3) is 0.733. The number of fused-ring (bicyclic) bond motifs is 2. The summed E-state index contributed by atoms with van der Waals surface area (Å²) < 4.78 is 53.2. The highest BCUT2D eigenvalue weighted by molar-refractivity contribution is 6.11. The zero-order valence-electron chi connectivity index (χ0n) is 38.1. The van der Waals surface area contributed by atoms with Gasteiger partial charge in [-0.1, -0.05) is 0 Å². The van der Waals surface area contributed by atoms with E-state index < -0.39 is 158 Å². The molecule has 4 heterocycles. The molecule has 0 unspecified atom stereocenters. The summed E-state index contributed by atoms with van der Waals surface area (Å²) in [5.41, 5.74) is -0.00394. The minimum Gasteiger partial charge on any atom is -0.507 e. The van der Waals surface area contributed by atoms with Crippen molar-refractivity contribution in [2.75, 3.05) is 7.11 Å². The predicted octanol–water partition coefficient (Wildman–Crippen LogP) is -1.20. The number of hydrogen-bond donors (Lipinski definition) is 11. The summed E-state index contributed by atoms with van der Waals surface area (Å²) in [5.74, 6) is -6.88. The Balaban J connectivity index is 1.19. The smallest absolute Gasteiger partial charge is 0.217 e. The maximum absolute atomic E-state index is 14.8. The molecule has 20 atom stereocenters. The van der Waals surface area contributed by atoms with E-state index in [4.69, 9.17) is 42.6 Å². The lowest BCUT2D eigenvalue weighted by atomic mass is 9.75. The molecule has 1 aliphatic carbocycles. The molecule has 0 aromatic heterocycles. The molecule has 4 aliphatic heterocycles. The van der Waals surface area contributed by atoms with Crippen LogP contribution in [0.3, 0.4) is 0 Å². The van der Waals surface area contributed by atoms with Crippen molar-refractivity contribution in [3.05, 3.63) is 28.8 Å². The Morgan fingerprint density at radius 1 is 0.761 bits per heavy atom. The van der Waals surface area contributed by atoms with Crippen molar-refractivity contribution >= 4 is 22.3 Å². The summed E-state index contributed by atoms with van der Waals surface area (Å²) >= 11 is 0. The largest absolute Gasteiger partial charge is 0.507 e. The van der Waals surface area contributed by atoms with Crippen LogP contribution in [0, 0.1) is 12.8 Å². The number of benzene rings is 2. The van der Waals surface area contributed by atoms with E-state index in [1.54, 1.807) is 13.8 Å². The van der Waals surface area contributed by atoms with E-state index >= 15 is 0 Å². The van der Waals surface area contributed by atoms with Gasteiger partial charge in [0.05, 0.1) is 53.7 Å². The van der Waals surface area contributed by atoms with Gasteiger partial charge in [0.25, 0.3) is 0 Å². The lowest BCUT2D eigenvalue weighted by Crippen LogP contribution is -2.62. The maximum Gasteiger partial charge on any atom is 0.217 e. The molecule has 0 saturated carbocycles. The Bertz CT molecular complexity index is 2070. The van der Waals surface area contributed by atoms with E-state index in [-0.39, 0.29) is 58.9 Å².